The summed E-state index contributed by atoms with van der Waals surface area (Å²) in [6, 6.07) is 3.60. The standard InChI is InChI=1S/C9H10Cl2O2/c1-12-5-6-3-4-7(13-2)9(11)8(6)10/h3-4H,5H2,1-2H3. The van der Waals surface area contributed by atoms with E-state index in [-0.39, 0.29) is 0 Å². The third-order valence-corrected chi connectivity index (χ3v) is 2.55. The smallest absolute Gasteiger partial charge is 0.139 e. The Balaban J connectivity index is 3.07. The number of ether oxygens (including phenoxy) is 2. The van der Waals surface area contributed by atoms with Crippen molar-refractivity contribution in [2.75, 3.05) is 14.2 Å². The van der Waals surface area contributed by atoms with E-state index in [1.807, 2.05) is 6.07 Å². The van der Waals surface area contributed by atoms with E-state index >= 15 is 0 Å². The van der Waals surface area contributed by atoms with Crippen molar-refractivity contribution in [3.63, 3.8) is 0 Å². The second-order valence-electron chi connectivity index (χ2n) is 2.49. The summed E-state index contributed by atoms with van der Waals surface area (Å²) in [6.45, 7) is 0.447. The molecule has 0 spiro atoms. The van der Waals surface area contributed by atoms with Gasteiger partial charge in [0.25, 0.3) is 0 Å². The van der Waals surface area contributed by atoms with Gasteiger partial charge in [0.05, 0.1) is 18.7 Å². The Morgan fingerprint density at radius 3 is 2.38 bits per heavy atom. The monoisotopic (exact) mass is 220 g/mol. The summed E-state index contributed by atoms with van der Waals surface area (Å²) in [4.78, 5) is 0. The van der Waals surface area contributed by atoms with Crippen molar-refractivity contribution in [2.45, 2.75) is 6.61 Å². The molecular formula is C9H10Cl2O2. The predicted octanol–water partition coefficient (Wildman–Crippen LogP) is 3.15. The summed E-state index contributed by atoms with van der Waals surface area (Å²) in [7, 11) is 3.15. The molecule has 0 amide bonds. The van der Waals surface area contributed by atoms with Crippen LogP contribution in [0.25, 0.3) is 0 Å². The predicted molar refractivity (Wildman–Crippen MR) is 53.7 cm³/mol. The molecule has 1 aromatic carbocycles. The number of halogens is 2. The lowest BCUT2D eigenvalue weighted by molar-refractivity contribution is 0.185. The van der Waals surface area contributed by atoms with Gasteiger partial charge in [-0.25, -0.2) is 0 Å². The van der Waals surface area contributed by atoms with Crippen LogP contribution in [0.15, 0.2) is 12.1 Å². The summed E-state index contributed by atoms with van der Waals surface area (Å²) in [6.07, 6.45) is 0. The van der Waals surface area contributed by atoms with Crippen molar-refractivity contribution < 1.29 is 9.47 Å². The second kappa shape index (κ2) is 4.70. The molecule has 0 aromatic heterocycles. The van der Waals surface area contributed by atoms with Gasteiger partial charge in [-0.1, -0.05) is 29.3 Å². The third-order valence-electron chi connectivity index (χ3n) is 1.65. The Kier molecular flexibility index (Phi) is 3.85. The first-order valence-corrected chi connectivity index (χ1v) is 4.46. The Labute approximate surface area is 87.4 Å². The molecular weight excluding hydrogens is 211 g/mol. The highest BCUT2D eigenvalue weighted by molar-refractivity contribution is 6.43. The summed E-state index contributed by atoms with van der Waals surface area (Å²) in [5.74, 6) is 0.575. The molecule has 0 heterocycles. The van der Waals surface area contributed by atoms with Gasteiger partial charge in [-0.05, 0) is 11.6 Å². The van der Waals surface area contributed by atoms with Crippen LogP contribution in [-0.2, 0) is 11.3 Å². The highest BCUT2D eigenvalue weighted by Crippen LogP contribution is 2.34. The highest BCUT2D eigenvalue weighted by atomic mass is 35.5. The van der Waals surface area contributed by atoms with Crippen LogP contribution in [0.2, 0.25) is 10.0 Å². The van der Waals surface area contributed by atoms with Crippen molar-refractivity contribution in [1.29, 1.82) is 0 Å². The molecule has 0 unspecified atom stereocenters. The maximum Gasteiger partial charge on any atom is 0.139 e. The molecule has 0 N–H and O–H groups in total. The molecule has 4 heteroatoms. The molecule has 0 aliphatic heterocycles. The largest absolute Gasteiger partial charge is 0.495 e. The molecule has 72 valence electrons. The van der Waals surface area contributed by atoms with E-state index in [0.717, 1.165) is 5.56 Å². The first kappa shape index (κ1) is 10.6. The molecule has 0 aliphatic rings. The van der Waals surface area contributed by atoms with E-state index in [2.05, 4.69) is 0 Å². The summed E-state index contributed by atoms with van der Waals surface area (Å²) < 4.78 is 9.96. The molecule has 0 atom stereocenters. The van der Waals surface area contributed by atoms with Gasteiger partial charge in [0.15, 0.2) is 0 Å². The lowest BCUT2D eigenvalue weighted by atomic mass is 10.2. The molecule has 0 radical (unpaired) electrons. The van der Waals surface area contributed by atoms with Crippen LogP contribution in [0.3, 0.4) is 0 Å². The topological polar surface area (TPSA) is 18.5 Å². The third kappa shape index (κ3) is 2.27. The molecule has 1 aromatic rings. The van der Waals surface area contributed by atoms with Crippen LogP contribution in [0, 0.1) is 0 Å². The molecule has 2 nitrogen and oxygen atoms in total. The zero-order valence-corrected chi connectivity index (χ0v) is 8.95. The van der Waals surface area contributed by atoms with Crippen molar-refractivity contribution in [2.24, 2.45) is 0 Å². The molecule has 0 fully saturated rings. The highest BCUT2D eigenvalue weighted by Gasteiger charge is 2.09. The number of hydrogen-bond donors (Lipinski definition) is 0. The fourth-order valence-corrected chi connectivity index (χ4v) is 1.47. The van der Waals surface area contributed by atoms with Gasteiger partial charge in [0, 0.05) is 7.11 Å². The second-order valence-corrected chi connectivity index (χ2v) is 3.24. The van der Waals surface area contributed by atoms with E-state index < -0.39 is 0 Å². The van der Waals surface area contributed by atoms with E-state index in [0.29, 0.717) is 22.4 Å². The van der Waals surface area contributed by atoms with Gasteiger partial charge < -0.3 is 9.47 Å². The zero-order chi connectivity index (χ0) is 9.84. The Morgan fingerprint density at radius 2 is 1.85 bits per heavy atom. The normalized spacial score (nSPS) is 10.2. The van der Waals surface area contributed by atoms with E-state index in [1.165, 1.54) is 0 Å². The maximum atomic E-state index is 5.96. The van der Waals surface area contributed by atoms with Gasteiger partial charge in [-0.2, -0.15) is 0 Å². The Morgan fingerprint density at radius 1 is 1.15 bits per heavy atom. The average Bonchev–Trinajstić information content (AvgIpc) is 2.14. The van der Waals surface area contributed by atoms with Crippen LogP contribution >= 0.6 is 23.2 Å². The zero-order valence-electron chi connectivity index (χ0n) is 7.43. The fraction of sp³-hybridized carbons (Fsp3) is 0.333. The Bertz CT molecular complexity index is 300. The van der Waals surface area contributed by atoms with Crippen LogP contribution in [0.5, 0.6) is 5.75 Å². The van der Waals surface area contributed by atoms with Crippen LogP contribution < -0.4 is 4.74 Å². The van der Waals surface area contributed by atoms with Gasteiger partial charge in [-0.15, -0.1) is 0 Å². The van der Waals surface area contributed by atoms with Crippen LogP contribution in [-0.4, -0.2) is 14.2 Å². The molecule has 13 heavy (non-hydrogen) atoms. The van der Waals surface area contributed by atoms with Crippen molar-refractivity contribution >= 4 is 23.2 Å². The van der Waals surface area contributed by atoms with Gasteiger partial charge in [0.1, 0.15) is 10.8 Å². The van der Waals surface area contributed by atoms with Gasteiger partial charge in [0.2, 0.25) is 0 Å². The minimum absolute atomic E-state index is 0.429. The molecule has 0 bridgehead atoms. The molecule has 1 rings (SSSR count). The molecule has 0 saturated carbocycles. The van der Waals surface area contributed by atoms with Crippen molar-refractivity contribution in [3.8, 4) is 5.75 Å². The summed E-state index contributed by atoms with van der Waals surface area (Å²) in [5.41, 5.74) is 0.856. The van der Waals surface area contributed by atoms with Crippen LogP contribution in [0.4, 0.5) is 0 Å². The molecule has 0 aliphatic carbocycles. The van der Waals surface area contributed by atoms with Gasteiger partial charge >= 0.3 is 0 Å². The van der Waals surface area contributed by atoms with Gasteiger partial charge in [-0.3, -0.25) is 0 Å². The first-order chi connectivity index (χ1) is 6.20. The lowest BCUT2D eigenvalue weighted by Gasteiger charge is -2.08. The van der Waals surface area contributed by atoms with E-state index in [9.17, 15) is 0 Å². The minimum atomic E-state index is 0.429. The number of benzene rings is 1. The summed E-state index contributed by atoms with van der Waals surface area (Å²) >= 11 is 11.9. The van der Waals surface area contributed by atoms with E-state index in [4.69, 9.17) is 32.7 Å². The van der Waals surface area contributed by atoms with Crippen LogP contribution in [0.1, 0.15) is 5.56 Å². The summed E-state index contributed by atoms with van der Waals surface area (Å²) in [5, 5.41) is 0.918. The van der Waals surface area contributed by atoms with Crippen molar-refractivity contribution in [3.05, 3.63) is 27.7 Å². The molecule has 0 saturated heterocycles. The number of methoxy groups -OCH3 is 2. The quantitative estimate of drug-likeness (QED) is 0.780. The Hall–Kier alpha value is -0.440. The maximum absolute atomic E-state index is 5.96. The number of rotatable bonds is 3. The minimum Gasteiger partial charge on any atom is -0.495 e. The average molecular weight is 221 g/mol. The SMILES string of the molecule is COCc1ccc(OC)c(Cl)c1Cl. The van der Waals surface area contributed by atoms with E-state index in [1.54, 1.807) is 20.3 Å². The van der Waals surface area contributed by atoms with Crippen molar-refractivity contribution in [1.82, 2.24) is 0 Å². The first-order valence-electron chi connectivity index (χ1n) is 3.70. The fourth-order valence-electron chi connectivity index (χ4n) is 0.996. The lowest BCUT2D eigenvalue weighted by Crippen LogP contribution is -1.92. The number of hydrogen-bond acceptors (Lipinski definition) is 2.